The van der Waals surface area contributed by atoms with Gasteiger partial charge in [0.25, 0.3) is 0 Å². The highest BCUT2D eigenvalue weighted by atomic mass is 79.9. The van der Waals surface area contributed by atoms with Gasteiger partial charge in [0.2, 0.25) is 0 Å². The van der Waals surface area contributed by atoms with Crippen molar-refractivity contribution in [3.05, 3.63) is 0 Å². The van der Waals surface area contributed by atoms with Crippen molar-refractivity contribution in [3.63, 3.8) is 0 Å². The van der Waals surface area contributed by atoms with Gasteiger partial charge in [-0.15, -0.1) is 0 Å². The van der Waals surface area contributed by atoms with Crippen LogP contribution in [0.3, 0.4) is 0 Å². The van der Waals surface area contributed by atoms with Gasteiger partial charge in [0, 0.05) is 9.65 Å². The van der Waals surface area contributed by atoms with Crippen molar-refractivity contribution in [2.45, 2.75) is 73.2 Å². The summed E-state index contributed by atoms with van der Waals surface area (Å²) in [6.07, 6.45) is 8.00. The average molecular weight is 384 g/mol. The Labute approximate surface area is 127 Å². The Balaban J connectivity index is 1.96. The number of alkyl halides is 2. The third-order valence-corrected chi connectivity index (χ3v) is 6.96. The molecule has 2 rings (SSSR count). The van der Waals surface area contributed by atoms with Gasteiger partial charge >= 0.3 is 0 Å². The number of hydrogen-bond donors (Lipinski definition) is 2. The van der Waals surface area contributed by atoms with Gasteiger partial charge in [0.15, 0.2) is 0 Å². The lowest BCUT2D eigenvalue weighted by atomic mass is 9.76. The van der Waals surface area contributed by atoms with E-state index in [4.69, 9.17) is 0 Å². The summed E-state index contributed by atoms with van der Waals surface area (Å²) in [6.45, 7) is 0. The summed E-state index contributed by atoms with van der Waals surface area (Å²) in [5, 5.41) is 21.0. The molecule has 0 bridgehead atoms. The summed E-state index contributed by atoms with van der Waals surface area (Å²) in [7, 11) is 0. The zero-order valence-electron chi connectivity index (χ0n) is 10.8. The van der Waals surface area contributed by atoms with E-state index in [2.05, 4.69) is 31.9 Å². The second-order valence-corrected chi connectivity index (χ2v) is 8.26. The minimum atomic E-state index is -0.571. The molecule has 2 saturated carbocycles. The van der Waals surface area contributed by atoms with Crippen LogP contribution in [0.2, 0.25) is 0 Å². The highest BCUT2D eigenvalue weighted by Crippen LogP contribution is 2.38. The van der Waals surface area contributed by atoms with E-state index in [0.717, 1.165) is 25.7 Å². The molecular formula is C14H24Br2O2. The first kappa shape index (κ1) is 15.3. The maximum absolute atomic E-state index is 10.5. The first-order valence-electron chi connectivity index (χ1n) is 7.25. The fourth-order valence-corrected chi connectivity index (χ4v) is 5.31. The summed E-state index contributed by atoms with van der Waals surface area (Å²) in [4.78, 5) is 0.738. The zero-order chi connectivity index (χ0) is 13.1. The Kier molecular flexibility index (Phi) is 5.98. The molecule has 2 fully saturated rings. The van der Waals surface area contributed by atoms with Crippen molar-refractivity contribution in [1.82, 2.24) is 0 Å². The first-order chi connectivity index (χ1) is 8.61. The van der Waals surface area contributed by atoms with Crippen LogP contribution in [0.1, 0.15) is 51.4 Å². The summed E-state index contributed by atoms with van der Waals surface area (Å²) < 4.78 is 0. The van der Waals surface area contributed by atoms with Crippen LogP contribution in [0, 0.1) is 11.8 Å². The van der Waals surface area contributed by atoms with Crippen LogP contribution in [0.4, 0.5) is 0 Å². The van der Waals surface area contributed by atoms with Crippen LogP contribution in [-0.2, 0) is 0 Å². The van der Waals surface area contributed by atoms with Gasteiger partial charge < -0.3 is 10.2 Å². The highest BCUT2D eigenvalue weighted by Gasteiger charge is 2.39. The van der Waals surface area contributed by atoms with E-state index >= 15 is 0 Å². The quantitative estimate of drug-likeness (QED) is 0.730. The Hall–Kier alpha value is 0.880. The molecule has 0 heterocycles. The van der Waals surface area contributed by atoms with Crippen molar-refractivity contribution < 1.29 is 10.2 Å². The maximum atomic E-state index is 10.5. The number of hydrogen-bond acceptors (Lipinski definition) is 2. The van der Waals surface area contributed by atoms with Crippen molar-refractivity contribution in [2.24, 2.45) is 11.8 Å². The Bertz CT molecular complexity index is 236. The van der Waals surface area contributed by atoms with E-state index in [-0.39, 0.29) is 11.8 Å². The van der Waals surface area contributed by atoms with Gasteiger partial charge in [0.1, 0.15) is 0 Å². The molecule has 0 radical (unpaired) electrons. The standard InChI is InChI=1S/C14H24Br2O2/c15-11-7-3-1-5-9(11)13(17)14(18)10-6-2-4-8-12(10)16/h9-14,17-18H,1-8H2/t9?,10?,11?,12?,13-,14?/m0/s1. The van der Waals surface area contributed by atoms with Crippen LogP contribution in [0.25, 0.3) is 0 Å². The molecule has 18 heavy (non-hydrogen) atoms. The maximum Gasteiger partial charge on any atom is 0.0841 e. The van der Waals surface area contributed by atoms with E-state index in [1.807, 2.05) is 0 Å². The third-order valence-electron chi connectivity index (χ3n) is 4.69. The predicted molar refractivity (Wildman–Crippen MR) is 81.4 cm³/mol. The van der Waals surface area contributed by atoms with Crippen LogP contribution < -0.4 is 0 Å². The van der Waals surface area contributed by atoms with Crippen molar-refractivity contribution in [2.75, 3.05) is 0 Å². The lowest BCUT2D eigenvalue weighted by Gasteiger charge is -2.39. The number of rotatable bonds is 3. The fourth-order valence-electron chi connectivity index (χ4n) is 3.50. The summed E-state index contributed by atoms with van der Waals surface area (Å²) in [5.41, 5.74) is 0. The minimum absolute atomic E-state index is 0.218. The molecule has 0 spiro atoms. The molecule has 5 unspecified atom stereocenters. The smallest absolute Gasteiger partial charge is 0.0841 e. The summed E-state index contributed by atoms with van der Waals surface area (Å²) >= 11 is 7.36. The van der Waals surface area contributed by atoms with Crippen molar-refractivity contribution >= 4 is 31.9 Å². The number of aliphatic hydroxyl groups excluding tert-OH is 2. The van der Waals surface area contributed by atoms with Crippen LogP contribution in [0.5, 0.6) is 0 Å². The molecule has 0 saturated heterocycles. The van der Waals surface area contributed by atoms with Gasteiger partial charge in [0.05, 0.1) is 12.2 Å². The van der Waals surface area contributed by atoms with E-state index in [0.29, 0.717) is 9.65 Å². The molecule has 0 amide bonds. The Morgan fingerprint density at radius 2 is 1.00 bits per heavy atom. The van der Waals surface area contributed by atoms with Gasteiger partial charge in [-0.3, -0.25) is 0 Å². The van der Waals surface area contributed by atoms with E-state index in [9.17, 15) is 10.2 Å². The predicted octanol–water partition coefficient (Wildman–Crippen LogP) is 3.62. The van der Waals surface area contributed by atoms with Gasteiger partial charge in [-0.05, 0) is 37.5 Å². The summed E-state index contributed by atoms with van der Waals surface area (Å²) in [5.74, 6) is 0.436. The molecule has 6 atom stereocenters. The Morgan fingerprint density at radius 3 is 1.33 bits per heavy atom. The number of halogens is 2. The van der Waals surface area contributed by atoms with Crippen LogP contribution in [-0.4, -0.2) is 32.1 Å². The molecule has 0 aromatic carbocycles. The molecule has 2 N–H and O–H groups in total. The summed E-state index contributed by atoms with van der Waals surface area (Å²) in [6, 6.07) is 0. The van der Waals surface area contributed by atoms with E-state index in [1.165, 1.54) is 25.7 Å². The van der Waals surface area contributed by atoms with Gasteiger partial charge in [-0.1, -0.05) is 57.5 Å². The molecule has 2 aliphatic carbocycles. The Morgan fingerprint density at radius 1 is 0.667 bits per heavy atom. The lowest BCUT2D eigenvalue weighted by molar-refractivity contribution is -0.0583. The topological polar surface area (TPSA) is 40.5 Å². The minimum Gasteiger partial charge on any atom is -0.390 e. The zero-order valence-corrected chi connectivity index (χ0v) is 13.9. The molecule has 106 valence electrons. The monoisotopic (exact) mass is 382 g/mol. The molecule has 2 aliphatic rings. The van der Waals surface area contributed by atoms with Gasteiger partial charge in [-0.2, -0.15) is 0 Å². The van der Waals surface area contributed by atoms with E-state index < -0.39 is 12.2 Å². The molecule has 0 aromatic rings. The van der Waals surface area contributed by atoms with Crippen LogP contribution in [0.15, 0.2) is 0 Å². The first-order valence-corrected chi connectivity index (χ1v) is 9.08. The van der Waals surface area contributed by atoms with Crippen molar-refractivity contribution in [1.29, 1.82) is 0 Å². The molecule has 0 aliphatic heterocycles. The third kappa shape index (κ3) is 3.50. The van der Waals surface area contributed by atoms with Crippen molar-refractivity contribution in [3.8, 4) is 0 Å². The molecule has 2 nitrogen and oxygen atoms in total. The second-order valence-electron chi connectivity index (χ2n) is 5.91. The van der Waals surface area contributed by atoms with Crippen LogP contribution >= 0.6 is 31.9 Å². The normalized spacial score (nSPS) is 41.3. The highest BCUT2D eigenvalue weighted by molar-refractivity contribution is 9.09. The average Bonchev–Trinajstić information content (AvgIpc) is 2.38. The molecule has 4 heteroatoms. The molecule has 0 aromatic heterocycles. The SMILES string of the molecule is OC(C1CCCCC1Br)[C@@H](O)C1CCCCC1Br. The number of aliphatic hydroxyl groups is 2. The molecular weight excluding hydrogens is 360 g/mol. The van der Waals surface area contributed by atoms with Gasteiger partial charge in [-0.25, -0.2) is 0 Å². The lowest BCUT2D eigenvalue weighted by Crippen LogP contribution is -2.46. The fraction of sp³-hybridized carbons (Fsp3) is 1.00. The second kappa shape index (κ2) is 7.05. The van der Waals surface area contributed by atoms with E-state index in [1.54, 1.807) is 0 Å². The largest absolute Gasteiger partial charge is 0.390 e.